The van der Waals surface area contributed by atoms with Crippen LogP contribution in [0.5, 0.6) is 5.75 Å². The quantitative estimate of drug-likeness (QED) is 0.538. The summed E-state index contributed by atoms with van der Waals surface area (Å²) in [5, 5.41) is 12.7. The minimum absolute atomic E-state index is 0.0984. The van der Waals surface area contributed by atoms with Crippen molar-refractivity contribution in [3.8, 4) is 5.75 Å². The van der Waals surface area contributed by atoms with Gasteiger partial charge in [0.25, 0.3) is 0 Å². The van der Waals surface area contributed by atoms with E-state index in [0.717, 1.165) is 43.3 Å². The maximum absolute atomic E-state index is 5.72. The molecule has 1 aliphatic heterocycles. The lowest BCUT2D eigenvalue weighted by Gasteiger charge is -2.40. The molecule has 0 amide bonds. The van der Waals surface area contributed by atoms with Crippen LogP contribution in [-0.4, -0.2) is 72.1 Å². The van der Waals surface area contributed by atoms with Gasteiger partial charge >= 0.3 is 0 Å². The molecule has 0 aliphatic carbocycles. The number of methoxy groups -OCH3 is 2. The van der Waals surface area contributed by atoms with Gasteiger partial charge in [0.1, 0.15) is 11.8 Å². The fraction of sp³-hybridized carbons (Fsp3) is 0.458. The predicted molar refractivity (Wildman–Crippen MR) is 124 cm³/mol. The molecule has 1 saturated heterocycles. The third-order valence-corrected chi connectivity index (χ3v) is 6.13. The first-order valence-corrected chi connectivity index (χ1v) is 11.1. The second-order valence-corrected chi connectivity index (χ2v) is 8.21. The average molecular weight is 437 g/mol. The maximum atomic E-state index is 5.72. The van der Waals surface area contributed by atoms with Crippen molar-refractivity contribution in [2.75, 3.05) is 51.9 Å². The summed E-state index contributed by atoms with van der Waals surface area (Å²) in [6, 6.07) is 14.7. The summed E-state index contributed by atoms with van der Waals surface area (Å²) in [4.78, 5) is 4.93. The lowest BCUT2D eigenvalue weighted by atomic mass is 10.0. The van der Waals surface area contributed by atoms with Crippen molar-refractivity contribution in [3.05, 3.63) is 65.0 Å². The summed E-state index contributed by atoms with van der Waals surface area (Å²) in [6.45, 7) is 9.16. The number of nitrogens with zero attached hydrogens (tertiary/aromatic N) is 6. The standard InChI is InChI=1S/C24H32N6O2/c1-18-9-10-19(2)21(17-18)28-11-13-29(14-12-28)23(20-7-5-6-8-22(20)32-4)24-25-26-27-30(24)15-16-31-3/h5-10,17,23H,11-16H2,1-4H3/t23-/m0/s1. The number of piperazine rings is 1. The molecule has 170 valence electrons. The monoisotopic (exact) mass is 436 g/mol. The van der Waals surface area contributed by atoms with Crippen LogP contribution in [0.25, 0.3) is 0 Å². The van der Waals surface area contributed by atoms with E-state index in [1.54, 1.807) is 14.2 Å². The number of hydrogen-bond donors (Lipinski definition) is 0. The minimum atomic E-state index is -0.0984. The zero-order valence-electron chi connectivity index (χ0n) is 19.4. The molecule has 0 unspecified atom stereocenters. The zero-order chi connectivity index (χ0) is 22.5. The van der Waals surface area contributed by atoms with Gasteiger partial charge in [-0.25, -0.2) is 4.68 Å². The highest BCUT2D eigenvalue weighted by atomic mass is 16.5. The van der Waals surface area contributed by atoms with Crippen LogP contribution in [-0.2, 0) is 11.3 Å². The Balaban J connectivity index is 1.63. The van der Waals surface area contributed by atoms with Gasteiger partial charge in [0.15, 0.2) is 5.82 Å². The summed E-state index contributed by atoms with van der Waals surface area (Å²) in [6.07, 6.45) is 0. The lowest BCUT2D eigenvalue weighted by molar-refractivity contribution is 0.171. The number of ether oxygens (including phenoxy) is 2. The lowest BCUT2D eigenvalue weighted by Crippen LogP contribution is -2.48. The van der Waals surface area contributed by atoms with Crippen molar-refractivity contribution in [2.45, 2.75) is 26.4 Å². The van der Waals surface area contributed by atoms with Crippen LogP contribution in [0.15, 0.2) is 42.5 Å². The summed E-state index contributed by atoms with van der Waals surface area (Å²) >= 11 is 0. The average Bonchev–Trinajstić information content (AvgIpc) is 3.28. The topological polar surface area (TPSA) is 68.5 Å². The van der Waals surface area contributed by atoms with Crippen molar-refractivity contribution < 1.29 is 9.47 Å². The number of tetrazole rings is 1. The van der Waals surface area contributed by atoms with Gasteiger partial charge in [-0.1, -0.05) is 30.3 Å². The van der Waals surface area contributed by atoms with Crippen molar-refractivity contribution >= 4 is 5.69 Å². The fourth-order valence-electron chi connectivity index (χ4n) is 4.42. The Morgan fingerprint density at radius 1 is 1.00 bits per heavy atom. The summed E-state index contributed by atoms with van der Waals surface area (Å²) < 4.78 is 12.8. The van der Waals surface area contributed by atoms with E-state index in [1.807, 2.05) is 22.9 Å². The second kappa shape index (κ2) is 10.1. The predicted octanol–water partition coefficient (Wildman–Crippen LogP) is 2.86. The Labute approximate surface area is 189 Å². The number of benzene rings is 2. The molecule has 3 aromatic rings. The first-order chi connectivity index (χ1) is 15.6. The highest BCUT2D eigenvalue weighted by Crippen LogP contribution is 2.35. The molecule has 0 spiro atoms. The normalized spacial score (nSPS) is 15.7. The van der Waals surface area contributed by atoms with Gasteiger partial charge in [0, 0.05) is 44.5 Å². The molecule has 8 nitrogen and oxygen atoms in total. The number of para-hydroxylation sites is 1. The Morgan fingerprint density at radius 2 is 1.78 bits per heavy atom. The molecule has 2 heterocycles. The Bertz CT molecular complexity index is 1030. The molecule has 0 N–H and O–H groups in total. The van der Waals surface area contributed by atoms with E-state index < -0.39 is 0 Å². The largest absolute Gasteiger partial charge is 0.496 e. The number of rotatable bonds is 8. The van der Waals surface area contributed by atoms with Gasteiger partial charge in [0.05, 0.1) is 20.3 Å². The van der Waals surface area contributed by atoms with Gasteiger partial charge in [-0.3, -0.25) is 4.90 Å². The van der Waals surface area contributed by atoms with Crippen LogP contribution in [0.3, 0.4) is 0 Å². The first kappa shape index (κ1) is 22.2. The molecule has 0 bridgehead atoms. The number of aromatic nitrogens is 4. The van der Waals surface area contributed by atoms with E-state index in [2.05, 4.69) is 63.4 Å². The SMILES string of the molecule is COCCn1nnnc1[C@H](c1ccccc1OC)N1CCN(c2cc(C)ccc2C)CC1. The highest BCUT2D eigenvalue weighted by Gasteiger charge is 2.32. The van der Waals surface area contributed by atoms with Crippen molar-refractivity contribution in [2.24, 2.45) is 0 Å². The molecular weight excluding hydrogens is 404 g/mol. The maximum Gasteiger partial charge on any atom is 0.173 e. The Hall–Kier alpha value is -2.97. The van der Waals surface area contributed by atoms with Crippen LogP contribution in [0, 0.1) is 13.8 Å². The van der Waals surface area contributed by atoms with E-state index in [4.69, 9.17) is 9.47 Å². The molecule has 4 rings (SSSR count). The van der Waals surface area contributed by atoms with Crippen molar-refractivity contribution in [3.63, 3.8) is 0 Å². The third kappa shape index (κ3) is 4.61. The molecule has 32 heavy (non-hydrogen) atoms. The number of anilines is 1. The van der Waals surface area contributed by atoms with Crippen LogP contribution < -0.4 is 9.64 Å². The highest BCUT2D eigenvalue weighted by molar-refractivity contribution is 5.55. The fourth-order valence-corrected chi connectivity index (χ4v) is 4.42. The molecule has 1 aromatic heterocycles. The molecule has 1 fully saturated rings. The molecule has 1 aliphatic rings. The van der Waals surface area contributed by atoms with Gasteiger partial charge in [-0.05, 0) is 47.5 Å². The summed E-state index contributed by atoms with van der Waals surface area (Å²) in [7, 11) is 3.40. The van der Waals surface area contributed by atoms with Gasteiger partial charge in [-0.2, -0.15) is 0 Å². The van der Waals surface area contributed by atoms with Crippen LogP contribution >= 0.6 is 0 Å². The van der Waals surface area contributed by atoms with Gasteiger partial charge < -0.3 is 14.4 Å². The Kier molecular flexibility index (Phi) is 7.02. The molecular formula is C24H32N6O2. The van der Waals surface area contributed by atoms with Crippen LogP contribution in [0.4, 0.5) is 5.69 Å². The van der Waals surface area contributed by atoms with Gasteiger partial charge in [-0.15, -0.1) is 5.10 Å². The van der Waals surface area contributed by atoms with Crippen molar-refractivity contribution in [1.29, 1.82) is 0 Å². The van der Waals surface area contributed by atoms with Gasteiger partial charge in [0.2, 0.25) is 0 Å². The van der Waals surface area contributed by atoms with Crippen LogP contribution in [0.1, 0.15) is 28.6 Å². The smallest absolute Gasteiger partial charge is 0.173 e. The molecule has 1 atom stereocenters. The van der Waals surface area contributed by atoms with E-state index in [1.165, 1.54) is 16.8 Å². The van der Waals surface area contributed by atoms with E-state index >= 15 is 0 Å². The molecule has 8 heteroatoms. The van der Waals surface area contributed by atoms with Crippen molar-refractivity contribution in [1.82, 2.24) is 25.1 Å². The molecule has 2 aromatic carbocycles. The Morgan fingerprint density at radius 3 is 2.53 bits per heavy atom. The third-order valence-electron chi connectivity index (χ3n) is 6.13. The summed E-state index contributed by atoms with van der Waals surface area (Å²) in [5.74, 6) is 1.66. The second-order valence-electron chi connectivity index (χ2n) is 8.21. The number of aryl methyl sites for hydroxylation is 2. The first-order valence-electron chi connectivity index (χ1n) is 11.1. The zero-order valence-corrected chi connectivity index (χ0v) is 19.4. The minimum Gasteiger partial charge on any atom is -0.496 e. The van der Waals surface area contributed by atoms with Crippen LogP contribution in [0.2, 0.25) is 0 Å². The van der Waals surface area contributed by atoms with E-state index in [-0.39, 0.29) is 6.04 Å². The summed E-state index contributed by atoms with van der Waals surface area (Å²) in [5.41, 5.74) is 5.00. The molecule has 0 saturated carbocycles. The van der Waals surface area contributed by atoms with E-state index in [9.17, 15) is 0 Å². The number of hydrogen-bond acceptors (Lipinski definition) is 7. The van der Waals surface area contributed by atoms with E-state index in [0.29, 0.717) is 13.2 Å². The molecule has 0 radical (unpaired) electrons.